The van der Waals surface area contributed by atoms with Gasteiger partial charge < -0.3 is 50.8 Å². The molecule has 22 nitrogen and oxygen atoms in total. The zero-order valence-corrected chi connectivity index (χ0v) is 45.7. The molecule has 0 spiro atoms. The second-order valence-corrected chi connectivity index (χ2v) is 22.2. The van der Waals surface area contributed by atoms with Crippen LogP contribution in [0.15, 0.2) is 79.4 Å². The SMILES string of the molecule is CCCCCCCCCCCCCCCCCCOC[C@H](COP(=O)(OC[C@H]1O[C@@](C#N)(c2ccc3c(N)ncnn23)[C@H](O)[C@@H]1O)OC[C@H]1O[C@@](C#N)(c2ccc3c(N)ncnn23)[C@H](O)[C@@H]1O)OCc1ccc2ccccc2c1. The first-order chi connectivity index (χ1) is 38.4. The highest BCUT2D eigenvalue weighted by molar-refractivity contribution is 7.48. The molecule has 2 fully saturated rings. The molecule has 6 aromatic rings. The Morgan fingerprint density at radius 2 is 1.13 bits per heavy atom. The second kappa shape index (κ2) is 28.1. The van der Waals surface area contributed by atoms with Gasteiger partial charge in [0, 0.05) is 6.61 Å². The molecule has 426 valence electrons. The molecule has 6 heterocycles. The van der Waals surface area contributed by atoms with E-state index in [1.165, 1.54) is 110 Å². The van der Waals surface area contributed by atoms with Gasteiger partial charge in [-0.3, -0.25) is 13.6 Å². The number of phosphoric acid groups is 1. The van der Waals surface area contributed by atoms with Crippen molar-refractivity contribution in [1.82, 2.24) is 29.2 Å². The lowest BCUT2D eigenvalue weighted by atomic mass is 9.92. The lowest BCUT2D eigenvalue weighted by Gasteiger charge is -2.26. The van der Waals surface area contributed by atoms with Gasteiger partial charge in [-0.1, -0.05) is 140 Å². The molecular formula is C56H75N10O12P. The summed E-state index contributed by atoms with van der Waals surface area (Å²) in [4.78, 5) is 7.94. The number of nitrogens with zero attached hydrogens (tertiary/aromatic N) is 8. The molecule has 8 N–H and O–H groups in total. The molecule has 2 aliphatic heterocycles. The van der Waals surface area contributed by atoms with Gasteiger partial charge in [0.05, 0.1) is 44.4 Å². The van der Waals surface area contributed by atoms with Crippen LogP contribution < -0.4 is 11.5 Å². The number of hydrogen-bond acceptors (Lipinski definition) is 20. The quantitative estimate of drug-likeness (QED) is 0.0172. The van der Waals surface area contributed by atoms with E-state index in [-0.39, 0.29) is 36.2 Å². The van der Waals surface area contributed by atoms with Crippen LogP contribution in [0.3, 0.4) is 0 Å². The maximum absolute atomic E-state index is 15.1. The smallest absolute Gasteiger partial charge is 0.387 e. The van der Waals surface area contributed by atoms with Gasteiger partial charge >= 0.3 is 7.82 Å². The molecule has 0 radical (unpaired) electrons. The standard InChI is InChI=1S/C56H75N10O12P/c1-2-3-4-5-6-7-8-9-10-11-12-13-14-15-16-19-28-72-31-42(73-30-39-22-23-40-20-17-18-21-41(40)29-39)32-74-79(71,75-33-45-49(67)51(69)55(35-57,77-45)47-26-24-43-53(59)61-37-63-65(43)47)76-34-46-50(68)52(70)56(36-58,78-46)48-27-25-44-54(60)62-38-64-66(44)48/h17-18,20-27,29,37-38,42,45-46,49-52,67-70H,2-16,19,28,30-34H2,1H3,(H2,59,61,63)(H2,60,62,64)/t42-,45-,46-,49-,50-,51-,52-,55+,56+/m1/s1. The largest absolute Gasteiger partial charge is 0.475 e. The molecule has 0 unspecified atom stereocenters. The minimum Gasteiger partial charge on any atom is -0.387 e. The molecule has 0 amide bonds. The zero-order valence-electron chi connectivity index (χ0n) is 44.8. The van der Waals surface area contributed by atoms with Crippen LogP contribution in [0.5, 0.6) is 0 Å². The van der Waals surface area contributed by atoms with Gasteiger partial charge in [-0.25, -0.2) is 23.6 Å². The highest BCUT2D eigenvalue weighted by Gasteiger charge is 2.59. The fraction of sp³-hybridized carbons (Fsp3) is 0.571. The Balaban J connectivity index is 0.933. The number of rotatable bonds is 33. The first-order valence-corrected chi connectivity index (χ1v) is 29.1. The van der Waals surface area contributed by atoms with Gasteiger partial charge in [-0.15, -0.1) is 0 Å². The Kier molecular flexibility index (Phi) is 21.2. The molecule has 0 aliphatic carbocycles. The first kappa shape index (κ1) is 59.4. The maximum Gasteiger partial charge on any atom is 0.475 e. The van der Waals surface area contributed by atoms with Crippen molar-refractivity contribution in [2.24, 2.45) is 0 Å². The average Bonchev–Trinajstić information content (AvgIpc) is 4.36. The van der Waals surface area contributed by atoms with Gasteiger partial charge in [0.2, 0.25) is 11.2 Å². The topological polar surface area (TPSA) is 323 Å². The Labute approximate surface area is 460 Å². The fourth-order valence-corrected chi connectivity index (χ4v) is 11.6. The van der Waals surface area contributed by atoms with Crippen LogP contribution in [-0.2, 0) is 54.9 Å². The summed E-state index contributed by atoms with van der Waals surface area (Å²) >= 11 is 0. The van der Waals surface area contributed by atoms with E-state index in [0.29, 0.717) is 17.6 Å². The van der Waals surface area contributed by atoms with Crippen molar-refractivity contribution in [2.45, 2.75) is 170 Å². The summed E-state index contributed by atoms with van der Waals surface area (Å²) in [6.45, 7) is 0.827. The Morgan fingerprint density at radius 1 is 0.646 bits per heavy atom. The van der Waals surface area contributed by atoms with Crippen LogP contribution in [0.2, 0.25) is 0 Å². The molecule has 2 saturated heterocycles. The number of hydrogen-bond donors (Lipinski definition) is 6. The molecule has 23 heteroatoms. The molecular weight excluding hydrogens is 1040 g/mol. The van der Waals surface area contributed by atoms with Gasteiger partial charge in [0.15, 0.2) is 11.6 Å². The Hall–Kier alpha value is -5.69. The number of phosphoric ester groups is 1. The molecule has 2 aromatic carbocycles. The van der Waals surface area contributed by atoms with Crippen LogP contribution in [0.1, 0.15) is 127 Å². The number of aromatic nitrogens is 6. The number of aliphatic hydroxyl groups excluding tert-OH is 4. The minimum absolute atomic E-state index is 0.0200. The van der Waals surface area contributed by atoms with Crippen molar-refractivity contribution in [1.29, 1.82) is 10.5 Å². The van der Waals surface area contributed by atoms with E-state index in [1.54, 1.807) is 0 Å². The highest BCUT2D eigenvalue weighted by Crippen LogP contribution is 2.52. The molecule has 0 saturated carbocycles. The van der Waals surface area contributed by atoms with Crippen LogP contribution in [0, 0.1) is 22.7 Å². The predicted octanol–water partition coefficient (Wildman–Crippen LogP) is 7.49. The van der Waals surface area contributed by atoms with Crippen molar-refractivity contribution in [3.05, 3.63) is 96.3 Å². The van der Waals surface area contributed by atoms with Crippen LogP contribution in [0.4, 0.5) is 11.6 Å². The van der Waals surface area contributed by atoms with Gasteiger partial charge in [0.1, 0.15) is 78.6 Å². The van der Waals surface area contributed by atoms with Crippen molar-refractivity contribution in [3.8, 4) is 12.1 Å². The summed E-state index contributed by atoms with van der Waals surface area (Å²) in [6.07, 6.45) is 10.9. The van der Waals surface area contributed by atoms with Gasteiger partial charge in [-0.05, 0) is 53.1 Å². The molecule has 8 rings (SSSR count). The normalized spacial score (nSPS) is 23.7. The summed E-state index contributed by atoms with van der Waals surface area (Å²) < 4.78 is 60.1. The fourth-order valence-electron chi connectivity index (χ4n) is 10.4. The number of fused-ring (bicyclic) bond motifs is 3. The summed E-state index contributed by atoms with van der Waals surface area (Å²) in [5.74, 6) is 0.165. The van der Waals surface area contributed by atoms with E-state index in [4.69, 9.17) is 44.0 Å². The summed E-state index contributed by atoms with van der Waals surface area (Å²) in [5, 5.41) is 77.3. The predicted molar refractivity (Wildman–Crippen MR) is 292 cm³/mol. The van der Waals surface area contributed by atoms with Crippen molar-refractivity contribution in [2.75, 3.05) is 44.5 Å². The Bertz CT molecular complexity index is 2910. The molecule has 79 heavy (non-hydrogen) atoms. The van der Waals surface area contributed by atoms with Crippen molar-refractivity contribution in [3.63, 3.8) is 0 Å². The number of benzene rings is 2. The molecule has 0 bridgehead atoms. The van der Waals surface area contributed by atoms with E-state index in [2.05, 4.69) is 27.1 Å². The number of nitrogen functional groups attached to an aromatic ring is 2. The number of ether oxygens (including phenoxy) is 4. The van der Waals surface area contributed by atoms with Gasteiger partial charge in [-0.2, -0.15) is 20.7 Å². The third-order valence-corrected chi connectivity index (χ3v) is 16.3. The van der Waals surface area contributed by atoms with E-state index >= 15 is 4.57 Å². The zero-order chi connectivity index (χ0) is 55.8. The summed E-state index contributed by atoms with van der Waals surface area (Å²) in [6, 6.07) is 23.7. The number of nitriles is 2. The number of anilines is 2. The van der Waals surface area contributed by atoms with E-state index in [9.17, 15) is 30.9 Å². The van der Waals surface area contributed by atoms with E-state index in [0.717, 1.165) is 54.7 Å². The highest BCUT2D eigenvalue weighted by atomic mass is 31.2. The lowest BCUT2D eigenvalue weighted by Crippen LogP contribution is -2.41. The van der Waals surface area contributed by atoms with E-state index < -0.39 is 81.6 Å². The first-order valence-electron chi connectivity index (χ1n) is 27.7. The van der Waals surface area contributed by atoms with Crippen molar-refractivity contribution < 1.29 is 57.5 Å². The maximum atomic E-state index is 15.1. The average molecular weight is 1110 g/mol. The molecule has 4 aromatic heterocycles. The monoisotopic (exact) mass is 1110 g/mol. The van der Waals surface area contributed by atoms with E-state index in [1.807, 2.05) is 54.6 Å². The summed E-state index contributed by atoms with van der Waals surface area (Å²) in [5.41, 5.74) is 9.13. The number of aliphatic hydroxyl groups is 4. The molecule has 2 aliphatic rings. The molecule has 9 atom stereocenters. The number of unbranched alkanes of at least 4 members (excludes halogenated alkanes) is 15. The Morgan fingerprint density at radius 3 is 1.62 bits per heavy atom. The van der Waals surface area contributed by atoms with Crippen LogP contribution >= 0.6 is 7.82 Å². The third kappa shape index (κ3) is 14.1. The second-order valence-electron chi connectivity index (χ2n) is 20.5. The summed E-state index contributed by atoms with van der Waals surface area (Å²) in [7, 11) is -4.92. The number of nitrogens with two attached hydrogens (primary N) is 2. The van der Waals surface area contributed by atoms with Gasteiger partial charge in [0.25, 0.3) is 0 Å². The van der Waals surface area contributed by atoms with Crippen molar-refractivity contribution >= 4 is 41.3 Å². The third-order valence-electron chi connectivity index (χ3n) is 14.9. The minimum atomic E-state index is -4.92. The lowest BCUT2D eigenvalue weighted by molar-refractivity contribution is -0.0802. The van der Waals surface area contributed by atoms with Crippen LogP contribution in [-0.4, -0.2) is 125 Å². The van der Waals surface area contributed by atoms with Crippen LogP contribution in [0.25, 0.3) is 21.8 Å².